The van der Waals surface area contributed by atoms with Gasteiger partial charge >= 0.3 is 0 Å². The molecule has 1 N–H and O–H groups in total. The van der Waals surface area contributed by atoms with Gasteiger partial charge in [-0.3, -0.25) is 19.5 Å². The summed E-state index contributed by atoms with van der Waals surface area (Å²) >= 11 is 2.75. The normalized spacial score (nSPS) is 13.7. The summed E-state index contributed by atoms with van der Waals surface area (Å²) < 4.78 is 1.80. The second-order valence-corrected chi connectivity index (χ2v) is 9.78. The molecule has 6 nitrogen and oxygen atoms in total. The van der Waals surface area contributed by atoms with Crippen LogP contribution in [-0.4, -0.2) is 20.4 Å². The van der Waals surface area contributed by atoms with Crippen LogP contribution >= 0.6 is 22.7 Å². The average Bonchev–Trinajstić information content (AvgIpc) is 3.18. The van der Waals surface area contributed by atoms with E-state index < -0.39 is 0 Å². The lowest BCUT2D eigenvalue weighted by atomic mass is 10.2. The quantitative estimate of drug-likeness (QED) is 0.467. The maximum atomic E-state index is 13.1. The molecule has 3 aromatic heterocycles. The Balaban J connectivity index is 1.49. The molecule has 1 aliphatic rings. The van der Waals surface area contributed by atoms with E-state index in [9.17, 15) is 9.59 Å². The largest absolute Gasteiger partial charge is 0.297 e. The molecule has 0 fully saturated rings. The van der Waals surface area contributed by atoms with Crippen LogP contribution in [0.3, 0.4) is 0 Å². The molecule has 1 aromatic carbocycles. The van der Waals surface area contributed by atoms with Crippen molar-refractivity contribution in [3.8, 4) is 10.4 Å². The van der Waals surface area contributed by atoms with E-state index >= 15 is 0 Å². The van der Waals surface area contributed by atoms with Crippen molar-refractivity contribution in [2.75, 3.05) is 5.32 Å². The summed E-state index contributed by atoms with van der Waals surface area (Å²) in [4.78, 5) is 37.7. The van der Waals surface area contributed by atoms with Crippen molar-refractivity contribution in [2.45, 2.75) is 46.1 Å². The fourth-order valence-electron chi connectivity index (χ4n) is 4.09. The van der Waals surface area contributed by atoms with Crippen LogP contribution in [-0.2, 0) is 13.0 Å². The third kappa shape index (κ3) is 3.59. The first-order chi connectivity index (χ1) is 15.0. The van der Waals surface area contributed by atoms with Crippen LogP contribution in [0.25, 0.3) is 20.7 Å². The standard InChI is InChI=1S/C23H22N4O2S2/c1-13-17-21(25-16-11-7-4-8-12-27(16)22(17)29)30-18(13)20(28)26-23-24-14(2)19(31-23)15-9-5-3-6-10-15/h3,5-6,9-10H,4,7-8,11-12H2,1-2H3,(H,24,26,28). The topological polar surface area (TPSA) is 76.9 Å². The minimum atomic E-state index is -0.242. The van der Waals surface area contributed by atoms with Crippen molar-refractivity contribution >= 4 is 43.9 Å². The third-order valence-corrected chi connectivity index (χ3v) is 7.98. The molecule has 0 unspecified atom stereocenters. The molecule has 0 spiro atoms. The summed E-state index contributed by atoms with van der Waals surface area (Å²) in [5.41, 5.74) is 2.63. The van der Waals surface area contributed by atoms with Crippen molar-refractivity contribution in [1.29, 1.82) is 0 Å². The second kappa shape index (κ2) is 8.01. The highest BCUT2D eigenvalue weighted by Crippen LogP contribution is 2.34. The van der Waals surface area contributed by atoms with Gasteiger partial charge in [0, 0.05) is 13.0 Å². The Bertz CT molecular complexity index is 1350. The molecule has 0 atom stereocenters. The van der Waals surface area contributed by atoms with Gasteiger partial charge in [0.05, 0.1) is 20.8 Å². The SMILES string of the molecule is Cc1nc(NC(=O)c2sc3nc4n(c(=O)c3c2C)CCCCC4)sc1-c1ccccc1. The number of benzene rings is 1. The minimum absolute atomic E-state index is 0.0221. The zero-order chi connectivity index (χ0) is 21.5. The van der Waals surface area contributed by atoms with Gasteiger partial charge in [-0.1, -0.05) is 48.1 Å². The number of nitrogens with one attached hydrogen (secondary N) is 1. The lowest BCUT2D eigenvalue weighted by molar-refractivity contribution is 0.103. The average molecular weight is 451 g/mol. The maximum absolute atomic E-state index is 13.1. The molecule has 0 saturated carbocycles. The molecule has 4 heterocycles. The Kier molecular flexibility index (Phi) is 5.19. The highest BCUT2D eigenvalue weighted by molar-refractivity contribution is 7.21. The molecule has 0 bridgehead atoms. The summed E-state index contributed by atoms with van der Waals surface area (Å²) in [5, 5.41) is 4.06. The number of hydrogen-bond acceptors (Lipinski definition) is 6. The number of carbonyl (C=O) groups excluding carboxylic acids is 1. The van der Waals surface area contributed by atoms with Crippen LogP contribution in [0.15, 0.2) is 35.1 Å². The molecular formula is C23H22N4O2S2. The van der Waals surface area contributed by atoms with E-state index in [1.807, 2.05) is 44.2 Å². The van der Waals surface area contributed by atoms with Crippen molar-refractivity contribution in [1.82, 2.24) is 14.5 Å². The molecule has 158 valence electrons. The molecule has 1 aliphatic heterocycles. The number of anilines is 1. The number of thiazole rings is 1. The van der Waals surface area contributed by atoms with E-state index in [1.54, 1.807) is 4.57 Å². The molecule has 31 heavy (non-hydrogen) atoms. The number of carbonyl (C=O) groups is 1. The van der Waals surface area contributed by atoms with Crippen LogP contribution in [0.1, 0.15) is 46.0 Å². The van der Waals surface area contributed by atoms with Crippen molar-refractivity contribution < 1.29 is 4.79 Å². The number of fused-ring (bicyclic) bond motifs is 2. The van der Waals surface area contributed by atoms with Gasteiger partial charge in [-0.15, -0.1) is 11.3 Å². The van der Waals surface area contributed by atoms with Gasteiger partial charge in [0.2, 0.25) is 0 Å². The number of rotatable bonds is 3. The van der Waals surface area contributed by atoms with Crippen molar-refractivity contribution in [2.24, 2.45) is 0 Å². The number of nitrogens with zero attached hydrogens (tertiary/aromatic N) is 3. The minimum Gasteiger partial charge on any atom is -0.297 e. The number of hydrogen-bond donors (Lipinski definition) is 1. The van der Waals surface area contributed by atoms with E-state index in [-0.39, 0.29) is 11.5 Å². The van der Waals surface area contributed by atoms with Crippen LogP contribution in [0.4, 0.5) is 5.13 Å². The molecule has 8 heteroatoms. The number of thiophene rings is 1. The Labute approximate surface area is 187 Å². The van der Waals surface area contributed by atoms with Gasteiger partial charge in [0.25, 0.3) is 11.5 Å². The molecule has 5 rings (SSSR count). The van der Waals surface area contributed by atoms with E-state index in [2.05, 4.69) is 10.3 Å². The van der Waals surface area contributed by atoms with E-state index in [0.29, 0.717) is 32.3 Å². The van der Waals surface area contributed by atoms with Gasteiger partial charge in [-0.25, -0.2) is 9.97 Å². The first-order valence-corrected chi connectivity index (χ1v) is 12.0. The van der Waals surface area contributed by atoms with Crippen LogP contribution in [0.5, 0.6) is 0 Å². The summed E-state index contributed by atoms with van der Waals surface area (Å²) in [5.74, 6) is 0.597. The Morgan fingerprint density at radius 3 is 2.68 bits per heavy atom. The fraction of sp³-hybridized carbons (Fsp3) is 0.304. The molecule has 1 amide bonds. The van der Waals surface area contributed by atoms with Gasteiger partial charge in [0.15, 0.2) is 5.13 Å². The third-order valence-electron chi connectivity index (χ3n) is 5.67. The van der Waals surface area contributed by atoms with Gasteiger partial charge in [-0.2, -0.15) is 0 Å². The first-order valence-electron chi connectivity index (χ1n) is 10.4. The summed E-state index contributed by atoms with van der Waals surface area (Å²) in [7, 11) is 0. The molecule has 0 radical (unpaired) electrons. The van der Waals surface area contributed by atoms with Crippen LogP contribution < -0.4 is 10.9 Å². The van der Waals surface area contributed by atoms with Crippen molar-refractivity contribution in [3.63, 3.8) is 0 Å². The maximum Gasteiger partial charge on any atom is 0.267 e. The predicted molar refractivity (Wildman–Crippen MR) is 126 cm³/mol. The number of aromatic nitrogens is 3. The van der Waals surface area contributed by atoms with Gasteiger partial charge in [0.1, 0.15) is 10.7 Å². The summed E-state index contributed by atoms with van der Waals surface area (Å²) in [6.07, 6.45) is 3.96. The lowest BCUT2D eigenvalue weighted by Crippen LogP contribution is -2.24. The zero-order valence-electron chi connectivity index (χ0n) is 17.4. The Morgan fingerprint density at radius 2 is 1.87 bits per heavy atom. The highest BCUT2D eigenvalue weighted by Gasteiger charge is 2.23. The van der Waals surface area contributed by atoms with Crippen LogP contribution in [0, 0.1) is 13.8 Å². The smallest absolute Gasteiger partial charge is 0.267 e. The number of amides is 1. The summed E-state index contributed by atoms with van der Waals surface area (Å²) in [6, 6.07) is 10.0. The second-order valence-electron chi connectivity index (χ2n) is 7.79. The van der Waals surface area contributed by atoms with Gasteiger partial charge in [-0.05, 0) is 37.8 Å². The Morgan fingerprint density at radius 1 is 1.06 bits per heavy atom. The van der Waals surface area contributed by atoms with E-state index in [4.69, 9.17) is 4.98 Å². The van der Waals surface area contributed by atoms with Crippen molar-refractivity contribution in [3.05, 3.63) is 62.6 Å². The Hall–Kier alpha value is -2.84. The highest BCUT2D eigenvalue weighted by atomic mass is 32.1. The molecule has 0 saturated heterocycles. The monoisotopic (exact) mass is 450 g/mol. The fourth-order valence-corrected chi connectivity index (χ4v) is 6.14. The number of aryl methyl sites for hydroxylation is 3. The zero-order valence-corrected chi connectivity index (χ0v) is 19.0. The predicted octanol–water partition coefficient (Wildman–Crippen LogP) is 5.18. The molecule has 0 aliphatic carbocycles. The van der Waals surface area contributed by atoms with Crippen LogP contribution in [0.2, 0.25) is 0 Å². The van der Waals surface area contributed by atoms with E-state index in [1.165, 1.54) is 22.7 Å². The lowest BCUT2D eigenvalue weighted by Gasteiger charge is -2.08. The molecule has 4 aromatic rings. The van der Waals surface area contributed by atoms with E-state index in [0.717, 1.165) is 47.6 Å². The summed E-state index contributed by atoms with van der Waals surface area (Å²) in [6.45, 7) is 4.48. The van der Waals surface area contributed by atoms with Gasteiger partial charge < -0.3 is 0 Å². The first kappa shape index (κ1) is 20.1. The molecular weight excluding hydrogens is 428 g/mol.